The lowest BCUT2D eigenvalue weighted by Crippen LogP contribution is -2.21. The number of carboxylic acid groups (broad SMARTS) is 1. The van der Waals surface area contributed by atoms with Crippen molar-refractivity contribution >= 4 is 41.6 Å². The molecule has 0 amide bonds. The molecule has 0 bridgehead atoms. The summed E-state index contributed by atoms with van der Waals surface area (Å²) in [4.78, 5) is 10.9. The van der Waals surface area contributed by atoms with Crippen LogP contribution in [0.4, 0.5) is 0 Å². The van der Waals surface area contributed by atoms with Gasteiger partial charge >= 0.3 is 5.97 Å². The van der Waals surface area contributed by atoms with Gasteiger partial charge in [0.25, 0.3) is 0 Å². The Balaban J connectivity index is 0.00000264. The van der Waals surface area contributed by atoms with Gasteiger partial charge in [0.1, 0.15) is 0 Å². The number of rotatable bonds is 6. The van der Waals surface area contributed by atoms with E-state index in [9.17, 15) is 4.79 Å². The van der Waals surface area contributed by atoms with Crippen molar-refractivity contribution in [3.8, 4) is 0 Å². The third-order valence-corrected chi connectivity index (χ3v) is 4.12. The number of benzene rings is 2. The van der Waals surface area contributed by atoms with Crippen molar-refractivity contribution < 1.29 is 9.90 Å². The molecular weight excluding hydrogens is 357 g/mol. The fourth-order valence-corrected chi connectivity index (χ4v) is 2.81. The van der Waals surface area contributed by atoms with E-state index in [0.717, 1.165) is 11.1 Å². The fraction of sp³-hybridized carbons (Fsp3) is 0.235. The van der Waals surface area contributed by atoms with Crippen LogP contribution in [-0.4, -0.2) is 11.1 Å². The van der Waals surface area contributed by atoms with Crippen LogP contribution in [0.3, 0.4) is 0 Å². The van der Waals surface area contributed by atoms with E-state index in [1.54, 1.807) is 18.2 Å². The molecule has 3 nitrogen and oxygen atoms in total. The Kier molecular flexibility index (Phi) is 7.86. The summed E-state index contributed by atoms with van der Waals surface area (Å²) in [5.74, 6) is -0.966. The Morgan fingerprint density at radius 2 is 1.70 bits per heavy atom. The number of halogens is 3. The van der Waals surface area contributed by atoms with Gasteiger partial charge in [0.05, 0.1) is 0 Å². The molecule has 0 radical (unpaired) electrons. The number of hydrogen-bond donors (Lipinski definition) is 2. The summed E-state index contributed by atoms with van der Waals surface area (Å²) in [7, 11) is 0. The fourth-order valence-electron chi connectivity index (χ4n) is 2.49. The van der Waals surface area contributed by atoms with Crippen LogP contribution in [0.15, 0.2) is 48.5 Å². The van der Waals surface area contributed by atoms with Gasteiger partial charge in [0.15, 0.2) is 0 Å². The van der Waals surface area contributed by atoms with Crippen LogP contribution in [0.5, 0.6) is 0 Å². The van der Waals surface area contributed by atoms with Gasteiger partial charge in [-0.1, -0.05) is 47.5 Å². The predicted molar refractivity (Wildman–Crippen MR) is 96.7 cm³/mol. The van der Waals surface area contributed by atoms with Gasteiger partial charge in [-0.3, -0.25) is 4.79 Å². The highest BCUT2D eigenvalue weighted by Crippen LogP contribution is 2.34. The van der Waals surface area contributed by atoms with Crippen LogP contribution in [0, 0.1) is 0 Å². The Morgan fingerprint density at radius 3 is 2.26 bits per heavy atom. The molecule has 0 saturated heterocycles. The van der Waals surface area contributed by atoms with Crippen molar-refractivity contribution in [1.29, 1.82) is 0 Å². The van der Waals surface area contributed by atoms with Gasteiger partial charge in [0, 0.05) is 28.4 Å². The summed E-state index contributed by atoms with van der Waals surface area (Å²) in [6.45, 7) is 0. The molecule has 0 aromatic heterocycles. The molecule has 0 saturated carbocycles. The molecule has 6 heteroatoms. The van der Waals surface area contributed by atoms with E-state index in [-0.39, 0.29) is 30.8 Å². The average molecular weight is 375 g/mol. The van der Waals surface area contributed by atoms with E-state index in [1.807, 2.05) is 30.3 Å². The van der Waals surface area contributed by atoms with Crippen molar-refractivity contribution in [2.75, 3.05) is 0 Å². The standard InChI is InChI=1S/C17H17Cl2NO2.ClH/c18-13-6-4-11(5-7-13)17(20)15(8-9-16(21)22)12-2-1-3-14(19)10-12;/h1-7,10,15,17H,8-9,20H2,(H,21,22);1H/t15-,17-;/m1./s1. The SMILES string of the molecule is Cl.N[C@H](c1ccc(Cl)cc1)[C@H](CCC(=O)O)c1cccc(Cl)c1. The lowest BCUT2D eigenvalue weighted by molar-refractivity contribution is -0.137. The second-order valence-electron chi connectivity index (χ2n) is 5.17. The topological polar surface area (TPSA) is 63.3 Å². The number of hydrogen-bond acceptors (Lipinski definition) is 2. The molecule has 2 atom stereocenters. The van der Waals surface area contributed by atoms with Crippen LogP contribution >= 0.6 is 35.6 Å². The van der Waals surface area contributed by atoms with E-state index in [0.29, 0.717) is 16.5 Å². The molecule has 0 spiro atoms. The number of nitrogens with two attached hydrogens (primary N) is 1. The van der Waals surface area contributed by atoms with Gasteiger partial charge < -0.3 is 10.8 Å². The van der Waals surface area contributed by atoms with Gasteiger partial charge in [-0.25, -0.2) is 0 Å². The quantitative estimate of drug-likeness (QED) is 0.742. The molecule has 2 aromatic carbocycles. The zero-order valence-electron chi connectivity index (χ0n) is 12.3. The normalized spacial score (nSPS) is 13.0. The van der Waals surface area contributed by atoms with Crippen molar-refractivity contribution in [1.82, 2.24) is 0 Å². The first-order valence-electron chi connectivity index (χ1n) is 6.95. The molecule has 0 aliphatic carbocycles. The van der Waals surface area contributed by atoms with Gasteiger partial charge in [-0.15, -0.1) is 12.4 Å². The molecule has 124 valence electrons. The first-order chi connectivity index (χ1) is 10.5. The third kappa shape index (κ3) is 5.70. The zero-order chi connectivity index (χ0) is 16.1. The summed E-state index contributed by atoms with van der Waals surface area (Å²) >= 11 is 11.9. The molecule has 2 rings (SSSR count). The van der Waals surface area contributed by atoms with E-state index >= 15 is 0 Å². The highest BCUT2D eigenvalue weighted by Gasteiger charge is 2.22. The zero-order valence-corrected chi connectivity index (χ0v) is 14.6. The maximum absolute atomic E-state index is 10.9. The number of aliphatic carboxylic acids is 1. The van der Waals surface area contributed by atoms with E-state index in [4.69, 9.17) is 34.0 Å². The largest absolute Gasteiger partial charge is 0.481 e. The van der Waals surface area contributed by atoms with Crippen LogP contribution in [-0.2, 0) is 4.79 Å². The first kappa shape index (κ1) is 19.8. The minimum Gasteiger partial charge on any atom is -0.481 e. The van der Waals surface area contributed by atoms with Gasteiger partial charge in [-0.2, -0.15) is 0 Å². The van der Waals surface area contributed by atoms with Crippen LogP contribution < -0.4 is 5.73 Å². The van der Waals surface area contributed by atoms with Crippen molar-refractivity contribution in [2.45, 2.75) is 24.8 Å². The summed E-state index contributed by atoms with van der Waals surface area (Å²) in [5, 5.41) is 10.2. The second kappa shape index (κ2) is 9.14. The second-order valence-corrected chi connectivity index (χ2v) is 6.04. The number of carboxylic acids is 1. The summed E-state index contributed by atoms with van der Waals surface area (Å²) in [5.41, 5.74) is 8.24. The molecule has 0 aliphatic heterocycles. The first-order valence-corrected chi connectivity index (χ1v) is 7.71. The smallest absolute Gasteiger partial charge is 0.303 e. The maximum atomic E-state index is 10.9. The highest BCUT2D eigenvalue weighted by molar-refractivity contribution is 6.30. The van der Waals surface area contributed by atoms with Crippen molar-refractivity contribution in [3.05, 3.63) is 69.7 Å². The van der Waals surface area contributed by atoms with E-state index in [2.05, 4.69) is 0 Å². The number of carbonyl (C=O) groups is 1. The maximum Gasteiger partial charge on any atom is 0.303 e. The van der Waals surface area contributed by atoms with E-state index in [1.165, 1.54) is 0 Å². The minimum absolute atomic E-state index is 0. The van der Waals surface area contributed by atoms with Crippen LogP contribution in [0.25, 0.3) is 0 Å². The van der Waals surface area contributed by atoms with Crippen molar-refractivity contribution in [3.63, 3.8) is 0 Å². The lowest BCUT2D eigenvalue weighted by Gasteiger charge is -2.24. The summed E-state index contributed by atoms with van der Waals surface area (Å²) in [6, 6.07) is 14.4. The Labute approximate surface area is 151 Å². The van der Waals surface area contributed by atoms with E-state index < -0.39 is 5.97 Å². The third-order valence-electron chi connectivity index (χ3n) is 3.63. The predicted octanol–water partition coefficient (Wildman–Crippen LogP) is 5.06. The van der Waals surface area contributed by atoms with Crippen molar-refractivity contribution in [2.24, 2.45) is 5.73 Å². The summed E-state index contributed by atoms with van der Waals surface area (Å²) in [6.07, 6.45) is 0.498. The van der Waals surface area contributed by atoms with Crippen LogP contribution in [0.1, 0.15) is 35.9 Å². The molecular formula is C17H18Cl3NO2. The molecule has 0 aliphatic rings. The van der Waals surface area contributed by atoms with Gasteiger partial charge in [-0.05, 0) is 41.8 Å². The Hall–Kier alpha value is -1.26. The molecule has 23 heavy (non-hydrogen) atoms. The lowest BCUT2D eigenvalue weighted by atomic mass is 9.84. The monoisotopic (exact) mass is 373 g/mol. The molecule has 2 aromatic rings. The minimum atomic E-state index is -0.838. The average Bonchev–Trinajstić information content (AvgIpc) is 2.48. The summed E-state index contributed by atoms with van der Waals surface area (Å²) < 4.78 is 0. The molecule has 3 N–H and O–H groups in total. The molecule has 0 unspecified atom stereocenters. The Morgan fingerprint density at radius 1 is 1.04 bits per heavy atom. The molecule has 0 heterocycles. The Bertz CT molecular complexity index is 647. The highest BCUT2D eigenvalue weighted by atomic mass is 35.5. The van der Waals surface area contributed by atoms with Crippen LogP contribution in [0.2, 0.25) is 10.0 Å². The van der Waals surface area contributed by atoms with Gasteiger partial charge in [0.2, 0.25) is 0 Å². The molecule has 0 fully saturated rings.